The van der Waals surface area contributed by atoms with Crippen LogP contribution in [0.15, 0.2) is 53.4 Å². The Balaban J connectivity index is 2.12. The molecule has 0 saturated carbocycles. The molecule has 128 valence electrons. The van der Waals surface area contributed by atoms with Gasteiger partial charge in [-0.1, -0.05) is 36.9 Å². The van der Waals surface area contributed by atoms with Crippen LogP contribution in [-0.2, 0) is 19.6 Å². The molecule has 2 aromatic rings. The topological polar surface area (TPSA) is 89.9 Å². The van der Waals surface area contributed by atoms with Crippen molar-refractivity contribution in [2.45, 2.75) is 18.2 Å². The third-order valence-electron chi connectivity index (χ3n) is 3.23. The summed E-state index contributed by atoms with van der Waals surface area (Å²) in [6.07, 6.45) is 0.372. The van der Waals surface area contributed by atoms with Gasteiger partial charge in [0.25, 0.3) is 10.1 Å². The van der Waals surface area contributed by atoms with E-state index < -0.39 is 16.1 Å². The van der Waals surface area contributed by atoms with Gasteiger partial charge in [0.05, 0.1) is 13.2 Å². The molecule has 2 aromatic carbocycles. The molecule has 0 fully saturated rings. The van der Waals surface area contributed by atoms with Crippen LogP contribution < -0.4 is 4.74 Å². The molecule has 0 aliphatic heterocycles. The Morgan fingerprint density at radius 3 is 2.54 bits per heavy atom. The number of esters is 1. The summed E-state index contributed by atoms with van der Waals surface area (Å²) in [6.45, 7) is 5.27. The summed E-state index contributed by atoms with van der Waals surface area (Å²) in [7, 11) is -4.45. The Morgan fingerprint density at radius 1 is 1.17 bits per heavy atom. The normalized spacial score (nSPS) is 11.2. The molecule has 0 aromatic heterocycles. The molecule has 0 atom stereocenters. The minimum atomic E-state index is -4.45. The van der Waals surface area contributed by atoms with Crippen LogP contribution in [0.5, 0.6) is 5.75 Å². The van der Waals surface area contributed by atoms with E-state index in [1.807, 2.05) is 0 Å². The number of rotatable bonds is 7. The zero-order valence-electron chi connectivity index (χ0n) is 13.2. The second-order valence-electron chi connectivity index (χ2n) is 5.21. The molecule has 1 N–H and O–H groups in total. The van der Waals surface area contributed by atoms with Crippen molar-refractivity contribution in [3.8, 4) is 5.75 Å². The minimum Gasteiger partial charge on any atom is -0.492 e. The van der Waals surface area contributed by atoms with Gasteiger partial charge in [0.2, 0.25) is 0 Å². The highest BCUT2D eigenvalue weighted by molar-refractivity contribution is 7.86. The number of carbonyl (C=O) groups excluding carboxylic acids is 1. The van der Waals surface area contributed by atoms with Gasteiger partial charge in [-0.05, 0) is 18.4 Å². The van der Waals surface area contributed by atoms with E-state index in [1.54, 1.807) is 37.3 Å². The molecule has 0 aliphatic rings. The standard InChI is InChI=1S/C17H18O6S/c1-12(2)17(18)23-11-5-10-22-15-9-8-13-6-3-4-7-14(13)16(15)24(19,20)21/h3-4,6-9H,1,5,10-11H2,2H3,(H,19,20,21). The van der Waals surface area contributed by atoms with E-state index in [9.17, 15) is 17.8 Å². The number of benzene rings is 2. The van der Waals surface area contributed by atoms with Crippen LogP contribution in [0.25, 0.3) is 10.8 Å². The zero-order chi connectivity index (χ0) is 17.7. The Labute approximate surface area is 140 Å². The average molecular weight is 350 g/mol. The van der Waals surface area contributed by atoms with Crippen molar-refractivity contribution in [3.05, 3.63) is 48.6 Å². The van der Waals surface area contributed by atoms with E-state index in [4.69, 9.17) is 9.47 Å². The first-order chi connectivity index (χ1) is 11.3. The molecule has 0 radical (unpaired) electrons. The van der Waals surface area contributed by atoms with E-state index in [0.717, 1.165) is 0 Å². The van der Waals surface area contributed by atoms with E-state index in [0.29, 0.717) is 22.8 Å². The lowest BCUT2D eigenvalue weighted by Crippen LogP contribution is -2.10. The molecule has 6 nitrogen and oxygen atoms in total. The Bertz CT molecular complexity index is 870. The molecule has 0 bridgehead atoms. The highest BCUT2D eigenvalue weighted by Crippen LogP contribution is 2.32. The van der Waals surface area contributed by atoms with E-state index in [-0.39, 0.29) is 23.9 Å². The van der Waals surface area contributed by atoms with Gasteiger partial charge in [0.15, 0.2) is 0 Å². The maximum atomic E-state index is 11.7. The van der Waals surface area contributed by atoms with Gasteiger partial charge in [-0.15, -0.1) is 0 Å². The SMILES string of the molecule is C=C(C)C(=O)OCCCOc1ccc2ccccc2c1S(=O)(=O)O. The Kier molecular flexibility index (Phi) is 5.58. The summed E-state index contributed by atoms with van der Waals surface area (Å²) in [5.41, 5.74) is 0.305. The maximum absolute atomic E-state index is 11.7. The van der Waals surface area contributed by atoms with Gasteiger partial charge >= 0.3 is 5.97 Å². The van der Waals surface area contributed by atoms with Crippen molar-refractivity contribution in [2.75, 3.05) is 13.2 Å². The molecular weight excluding hydrogens is 332 g/mol. The van der Waals surface area contributed by atoms with Crippen LogP contribution in [-0.4, -0.2) is 32.2 Å². The Morgan fingerprint density at radius 2 is 1.88 bits per heavy atom. The monoisotopic (exact) mass is 350 g/mol. The highest BCUT2D eigenvalue weighted by Gasteiger charge is 2.20. The summed E-state index contributed by atoms with van der Waals surface area (Å²) in [4.78, 5) is 11.0. The van der Waals surface area contributed by atoms with Crippen molar-refractivity contribution >= 4 is 26.9 Å². The molecule has 0 amide bonds. The summed E-state index contributed by atoms with van der Waals surface area (Å²) < 4.78 is 43.3. The van der Waals surface area contributed by atoms with Crippen LogP contribution in [0, 0.1) is 0 Å². The van der Waals surface area contributed by atoms with E-state index in [2.05, 4.69) is 6.58 Å². The average Bonchev–Trinajstić information content (AvgIpc) is 2.52. The van der Waals surface area contributed by atoms with Crippen molar-refractivity contribution in [1.29, 1.82) is 0 Å². The number of ether oxygens (including phenoxy) is 2. The second kappa shape index (κ2) is 7.46. The molecule has 0 heterocycles. The molecule has 0 unspecified atom stereocenters. The van der Waals surface area contributed by atoms with Crippen molar-refractivity contribution in [2.24, 2.45) is 0 Å². The molecule has 7 heteroatoms. The largest absolute Gasteiger partial charge is 0.492 e. The van der Waals surface area contributed by atoms with Gasteiger partial charge in [-0.3, -0.25) is 4.55 Å². The molecule has 0 spiro atoms. The third kappa shape index (κ3) is 4.33. The highest BCUT2D eigenvalue weighted by atomic mass is 32.2. The summed E-state index contributed by atoms with van der Waals surface area (Å²) in [5, 5.41) is 1.05. The van der Waals surface area contributed by atoms with Crippen molar-refractivity contribution in [1.82, 2.24) is 0 Å². The van der Waals surface area contributed by atoms with Gasteiger partial charge in [0, 0.05) is 17.4 Å². The van der Waals surface area contributed by atoms with Crippen molar-refractivity contribution < 1.29 is 27.2 Å². The Hall–Kier alpha value is -2.38. The van der Waals surface area contributed by atoms with E-state index >= 15 is 0 Å². The summed E-state index contributed by atoms with van der Waals surface area (Å²) in [5.74, 6) is -0.429. The fourth-order valence-electron chi connectivity index (χ4n) is 2.13. The molecule has 24 heavy (non-hydrogen) atoms. The lowest BCUT2D eigenvalue weighted by atomic mass is 10.1. The van der Waals surface area contributed by atoms with Gasteiger partial charge in [-0.2, -0.15) is 8.42 Å². The van der Waals surface area contributed by atoms with Crippen molar-refractivity contribution in [3.63, 3.8) is 0 Å². The molecule has 0 saturated heterocycles. The zero-order valence-corrected chi connectivity index (χ0v) is 14.0. The van der Waals surface area contributed by atoms with Gasteiger partial charge < -0.3 is 9.47 Å². The number of carbonyl (C=O) groups is 1. The summed E-state index contributed by atoms with van der Waals surface area (Å²) >= 11 is 0. The van der Waals surface area contributed by atoms with Crippen LogP contribution >= 0.6 is 0 Å². The van der Waals surface area contributed by atoms with Crippen LogP contribution in [0.1, 0.15) is 13.3 Å². The predicted octanol–water partition coefficient (Wildman–Crippen LogP) is 2.97. The predicted molar refractivity (Wildman–Crippen MR) is 89.6 cm³/mol. The number of hydrogen-bond donors (Lipinski definition) is 1. The fourth-order valence-corrected chi connectivity index (χ4v) is 2.98. The number of hydrogen-bond acceptors (Lipinski definition) is 5. The third-order valence-corrected chi connectivity index (χ3v) is 4.17. The smallest absolute Gasteiger partial charge is 0.333 e. The number of fused-ring (bicyclic) bond motifs is 1. The van der Waals surface area contributed by atoms with Crippen LogP contribution in [0.4, 0.5) is 0 Å². The first-order valence-electron chi connectivity index (χ1n) is 7.25. The first-order valence-corrected chi connectivity index (χ1v) is 8.69. The molecular formula is C17H18O6S. The van der Waals surface area contributed by atoms with E-state index in [1.165, 1.54) is 6.07 Å². The lowest BCUT2D eigenvalue weighted by Gasteiger charge is -2.12. The quantitative estimate of drug-likeness (QED) is 0.357. The minimum absolute atomic E-state index is 0.0578. The first kappa shape index (κ1) is 18.0. The fraction of sp³-hybridized carbons (Fsp3) is 0.235. The molecule has 2 rings (SSSR count). The van der Waals surface area contributed by atoms with Crippen LogP contribution in [0.3, 0.4) is 0 Å². The second-order valence-corrected chi connectivity index (χ2v) is 6.57. The molecule has 0 aliphatic carbocycles. The van der Waals surface area contributed by atoms with Gasteiger partial charge in [0.1, 0.15) is 10.6 Å². The summed E-state index contributed by atoms with van der Waals surface area (Å²) in [6, 6.07) is 9.99. The van der Waals surface area contributed by atoms with Gasteiger partial charge in [-0.25, -0.2) is 4.79 Å². The van der Waals surface area contributed by atoms with Crippen LogP contribution in [0.2, 0.25) is 0 Å². The maximum Gasteiger partial charge on any atom is 0.333 e. The lowest BCUT2D eigenvalue weighted by molar-refractivity contribution is -0.139.